The van der Waals surface area contributed by atoms with Crippen LogP contribution in [0.15, 0.2) is 0 Å². The molecule has 0 heterocycles. The minimum atomic E-state index is -3.37. The SMILES string of the molecule is CCC(NS(=O)(=O)C(C)(C)C)C(N)=S. The quantitative estimate of drug-likeness (QED) is 0.710. The molecule has 1 unspecified atom stereocenters. The van der Waals surface area contributed by atoms with Gasteiger partial charge < -0.3 is 5.73 Å². The topological polar surface area (TPSA) is 72.2 Å². The Kier molecular flexibility index (Phi) is 4.48. The van der Waals surface area contributed by atoms with Gasteiger partial charge in [0.1, 0.15) is 0 Å². The second kappa shape index (κ2) is 4.55. The zero-order valence-electron chi connectivity index (χ0n) is 8.99. The highest BCUT2D eigenvalue weighted by molar-refractivity contribution is 7.91. The van der Waals surface area contributed by atoms with Gasteiger partial charge in [-0.2, -0.15) is 0 Å². The molecule has 0 saturated heterocycles. The van der Waals surface area contributed by atoms with Crippen molar-refractivity contribution in [1.82, 2.24) is 4.72 Å². The van der Waals surface area contributed by atoms with E-state index in [0.29, 0.717) is 6.42 Å². The van der Waals surface area contributed by atoms with Gasteiger partial charge in [0.2, 0.25) is 10.0 Å². The lowest BCUT2D eigenvalue weighted by atomic mass is 10.2. The summed E-state index contributed by atoms with van der Waals surface area (Å²) in [5.74, 6) is 0. The van der Waals surface area contributed by atoms with Crippen LogP contribution in [0.4, 0.5) is 0 Å². The van der Waals surface area contributed by atoms with E-state index < -0.39 is 20.8 Å². The lowest BCUT2D eigenvalue weighted by Gasteiger charge is -2.23. The Hall–Kier alpha value is -0.200. The van der Waals surface area contributed by atoms with E-state index in [4.69, 9.17) is 18.0 Å². The molecule has 6 heteroatoms. The zero-order valence-corrected chi connectivity index (χ0v) is 10.6. The Labute approximate surface area is 91.3 Å². The number of nitrogens with one attached hydrogen (secondary N) is 1. The van der Waals surface area contributed by atoms with Crippen molar-refractivity contribution >= 4 is 27.2 Å². The van der Waals surface area contributed by atoms with Crippen LogP contribution in [0.3, 0.4) is 0 Å². The van der Waals surface area contributed by atoms with Gasteiger partial charge in [0, 0.05) is 0 Å². The van der Waals surface area contributed by atoms with E-state index in [9.17, 15) is 8.42 Å². The first kappa shape index (κ1) is 13.8. The second-order valence-electron chi connectivity index (χ2n) is 4.10. The number of nitrogens with two attached hydrogens (primary N) is 1. The molecule has 0 spiro atoms. The van der Waals surface area contributed by atoms with Crippen molar-refractivity contribution in [3.8, 4) is 0 Å². The first-order chi connectivity index (χ1) is 6.12. The molecular weight excluding hydrogens is 220 g/mol. The van der Waals surface area contributed by atoms with E-state index in [0.717, 1.165) is 0 Å². The van der Waals surface area contributed by atoms with Crippen LogP contribution >= 0.6 is 12.2 Å². The Morgan fingerprint density at radius 2 is 1.93 bits per heavy atom. The lowest BCUT2D eigenvalue weighted by molar-refractivity contribution is 0.537. The fourth-order valence-corrected chi connectivity index (χ4v) is 2.03. The van der Waals surface area contributed by atoms with Crippen molar-refractivity contribution in [2.24, 2.45) is 5.73 Å². The molecule has 84 valence electrons. The van der Waals surface area contributed by atoms with Crippen LogP contribution < -0.4 is 10.5 Å². The van der Waals surface area contributed by atoms with Gasteiger partial charge in [0.15, 0.2) is 0 Å². The summed E-state index contributed by atoms with van der Waals surface area (Å²) in [5.41, 5.74) is 5.40. The van der Waals surface area contributed by atoms with Crippen LogP contribution in [-0.4, -0.2) is 24.2 Å². The van der Waals surface area contributed by atoms with Crippen LogP contribution in [0.1, 0.15) is 34.1 Å². The number of thiocarbonyl (C=S) groups is 1. The van der Waals surface area contributed by atoms with Crippen molar-refractivity contribution in [3.05, 3.63) is 0 Å². The first-order valence-corrected chi connectivity index (χ1v) is 6.32. The average molecular weight is 238 g/mol. The minimum absolute atomic E-state index is 0.181. The van der Waals surface area contributed by atoms with Crippen molar-refractivity contribution < 1.29 is 8.42 Å². The second-order valence-corrected chi connectivity index (χ2v) is 7.04. The molecule has 0 radical (unpaired) electrons. The molecule has 0 saturated carbocycles. The van der Waals surface area contributed by atoms with Crippen molar-refractivity contribution in [1.29, 1.82) is 0 Å². The Bertz CT molecular complexity index is 304. The molecule has 0 bridgehead atoms. The van der Waals surface area contributed by atoms with Crippen LogP contribution in [0, 0.1) is 0 Å². The van der Waals surface area contributed by atoms with Crippen LogP contribution in [0.2, 0.25) is 0 Å². The van der Waals surface area contributed by atoms with E-state index >= 15 is 0 Å². The lowest BCUT2D eigenvalue weighted by Crippen LogP contribution is -2.49. The Balaban J connectivity index is 4.75. The molecule has 3 N–H and O–H groups in total. The van der Waals surface area contributed by atoms with E-state index in [2.05, 4.69) is 4.72 Å². The smallest absolute Gasteiger partial charge is 0.217 e. The number of hydrogen-bond donors (Lipinski definition) is 2. The van der Waals surface area contributed by atoms with Gasteiger partial charge in [0.25, 0.3) is 0 Å². The molecule has 14 heavy (non-hydrogen) atoms. The van der Waals surface area contributed by atoms with Gasteiger partial charge in [-0.3, -0.25) is 0 Å². The molecule has 0 amide bonds. The molecule has 0 aromatic rings. The summed E-state index contributed by atoms with van der Waals surface area (Å²) in [6.07, 6.45) is 0.560. The Morgan fingerprint density at radius 3 is 2.14 bits per heavy atom. The van der Waals surface area contributed by atoms with Crippen molar-refractivity contribution in [3.63, 3.8) is 0 Å². The van der Waals surface area contributed by atoms with Gasteiger partial charge in [-0.05, 0) is 27.2 Å². The molecule has 0 aliphatic carbocycles. The molecular formula is C8H18N2O2S2. The third-order valence-electron chi connectivity index (χ3n) is 1.86. The predicted octanol–water partition coefficient (Wildman–Crippen LogP) is 0.769. The number of rotatable bonds is 4. The zero-order chi connectivity index (χ0) is 11.6. The fraction of sp³-hybridized carbons (Fsp3) is 0.875. The molecule has 0 aromatic carbocycles. The summed E-state index contributed by atoms with van der Waals surface area (Å²) in [5, 5.41) is 0. The molecule has 0 aromatic heterocycles. The van der Waals surface area contributed by atoms with Gasteiger partial charge in [-0.25, -0.2) is 13.1 Å². The van der Waals surface area contributed by atoms with E-state index in [-0.39, 0.29) is 4.99 Å². The number of sulfonamides is 1. The van der Waals surface area contributed by atoms with Gasteiger partial charge in [-0.15, -0.1) is 0 Å². The van der Waals surface area contributed by atoms with E-state index in [1.54, 1.807) is 20.8 Å². The summed E-state index contributed by atoms with van der Waals surface area (Å²) >= 11 is 4.76. The summed E-state index contributed by atoms with van der Waals surface area (Å²) in [4.78, 5) is 0.181. The molecule has 0 rings (SSSR count). The highest BCUT2D eigenvalue weighted by Crippen LogP contribution is 2.14. The molecule has 1 atom stereocenters. The normalized spacial score (nSPS) is 15.1. The number of hydrogen-bond acceptors (Lipinski definition) is 3. The maximum atomic E-state index is 11.7. The van der Waals surface area contributed by atoms with Crippen LogP contribution in [-0.2, 0) is 10.0 Å². The molecule has 0 aliphatic rings. The highest BCUT2D eigenvalue weighted by Gasteiger charge is 2.31. The van der Waals surface area contributed by atoms with Crippen molar-refractivity contribution in [2.75, 3.05) is 0 Å². The predicted molar refractivity (Wildman–Crippen MR) is 62.7 cm³/mol. The van der Waals surface area contributed by atoms with Crippen molar-refractivity contribution in [2.45, 2.75) is 44.9 Å². The average Bonchev–Trinajstić information content (AvgIpc) is 1.97. The van der Waals surface area contributed by atoms with E-state index in [1.165, 1.54) is 0 Å². The van der Waals surface area contributed by atoms with Crippen LogP contribution in [0.25, 0.3) is 0 Å². The monoisotopic (exact) mass is 238 g/mol. The first-order valence-electron chi connectivity index (χ1n) is 4.43. The summed E-state index contributed by atoms with van der Waals surface area (Å²) in [6, 6.07) is -0.450. The molecule has 0 aliphatic heterocycles. The van der Waals surface area contributed by atoms with Crippen LogP contribution in [0.5, 0.6) is 0 Å². The van der Waals surface area contributed by atoms with Gasteiger partial charge in [0.05, 0.1) is 15.8 Å². The minimum Gasteiger partial charge on any atom is -0.392 e. The Morgan fingerprint density at radius 1 is 1.50 bits per heavy atom. The molecule has 0 fully saturated rings. The van der Waals surface area contributed by atoms with Gasteiger partial charge >= 0.3 is 0 Å². The maximum Gasteiger partial charge on any atom is 0.217 e. The maximum absolute atomic E-state index is 11.7. The van der Waals surface area contributed by atoms with E-state index in [1.807, 2.05) is 6.92 Å². The van der Waals surface area contributed by atoms with Gasteiger partial charge in [-0.1, -0.05) is 19.1 Å². The summed E-state index contributed by atoms with van der Waals surface area (Å²) in [7, 11) is -3.37. The molecule has 4 nitrogen and oxygen atoms in total. The standard InChI is InChI=1S/C8H18N2O2S2/c1-5-6(7(9)13)10-14(11,12)8(2,3)4/h6,10H,5H2,1-4H3,(H2,9,13). The largest absolute Gasteiger partial charge is 0.392 e. The third-order valence-corrected chi connectivity index (χ3v) is 4.35. The highest BCUT2D eigenvalue weighted by atomic mass is 32.2. The summed E-state index contributed by atoms with van der Waals surface area (Å²) in [6.45, 7) is 6.71. The third kappa shape index (κ3) is 3.51. The summed E-state index contributed by atoms with van der Waals surface area (Å²) < 4.78 is 25.0. The fourth-order valence-electron chi connectivity index (χ4n) is 0.707.